The zero-order chi connectivity index (χ0) is 17.6. The summed E-state index contributed by atoms with van der Waals surface area (Å²) < 4.78 is 14.9. The van der Waals surface area contributed by atoms with E-state index in [1.165, 1.54) is 5.56 Å². The maximum absolute atomic E-state index is 12.6. The van der Waals surface area contributed by atoms with Crippen molar-refractivity contribution in [2.45, 2.75) is 45.9 Å². The van der Waals surface area contributed by atoms with Crippen molar-refractivity contribution in [3.8, 4) is 0 Å². The SMILES string of the molecule is CC.Cc1cc(C)c(S(=O)CN[N+]2=C(Br)C=CCC2=N)c(C)c1. The lowest BCUT2D eigenvalue weighted by Gasteiger charge is -2.14. The number of hydrazone groups is 1. The first kappa shape index (κ1) is 19.8. The Morgan fingerprint density at radius 1 is 1.26 bits per heavy atom. The van der Waals surface area contributed by atoms with Crippen molar-refractivity contribution in [3.63, 3.8) is 0 Å². The molecule has 1 atom stereocenters. The van der Waals surface area contributed by atoms with Crippen LogP contribution >= 0.6 is 15.9 Å². The Morgan fingerprint density at radius 3 is 2.35 bits per heavy atom. The lowest BCUT2D eigenvalue weighted by atomic mass is 10.1. The molecule has 1 aromatic rings. The summed E-state index contributed by atoms with van der Waals surface area (Å²) in [6.07, 6.45) is 4.36. The molecule has 0 spiro atoms. The Labute approximate surface area is 149 Å². The minimum atomic E-state index is -1.15. The van der Waals surface area contributed by atoms with E-state index in [2.05, 4.69) is 21.4 Å². The number of benzene rings is 1. The molecule has 4 nitrogen and oxygen atoms in total. The predicted molar refractivity (Wildman–Crippen MR) is 102 cm³/mol. The van der Waals surface area contributed by atoms with E-state index in [9.17, 15) is 4.21 Å². The maximum atomic E-state index is 12.6. The van der Waals surface area contributed by atoms with Crippen molar-refractivity contribution in [2.75, 3.05) is 5.88 Å². The average molecular weight is 399 g/mol. The van der Waals surface area contributed by atoms with Crippen molar-refractivity contribution in [3.05, 3.63) is 41.0 Å². The quantitative estimate of drug-likeness (QED) is 0.754. The standard InChI is InChI=1S/C15H19BrN3OS.C2H6/c1-10-7-11(2)15(12(3)8-10)21(20)9-18-19-13(16)5-4-6-14(19)17;1-2/h4-5,7-8,17-18H,6,9H2,1-3H3;1-2H3/q+1;. The highest BCUT2D eigenvalue weighted by atomic mass is 79.9. The predicted octanol–water partition coefficient (Wildman–Crippen LogP) is 3.95. The molecule has 0 saturated heterocycles. The van der Waals surface area contributed by atoms with E-state index in [0.29, 0.717) is 12.3 Å². The molecule has 0 aromatic heterocycles. The van der Waals surface area contributed by atoms with Gasteiger partial charge in [-0.15, -0.1) is 10.1 Å². The minimum Gasteiger partial charge on any atom is -0.252 e. The Morgan fingerprint density at radius 2 is 1.83 bits per heavy atom. The lowest BCUT2D eigenvalue weighted by Crippen LogP contribution is -2.39. The van der Waals surface area contributed by atoms with Gasteiger partial charge in [0.1, 0.15) is 5.88 Å². The number of hydrogen-bond donors (Lipinski definition) is 2. The molecule has 2 rings (SSSR count). The third kappa shape index (κ3) is 5.11. The summed E-state index contributed by atoms with van der Waals surface area (Å²) in [7, 11) is -1.15. The molecule has 23 heavy (non-hydrogen) atoms. The summed E-state index contributed by atoms with van der Waals surface area (Å²) in [6, 6.07) is 4.10. The molecule has 0 amide bonds. The molecule has 1 aliphatic heterocycles. The monoisotopic (exact) mass is 398 g/mol. The molecular formula is C17H25BrN3OS+. The molecule has 0 fully saturated rings. The first-order chi connectivity index (χ1) is 10.9. The molecule has 2 N–H and O–H groups in total. The molecule has 6 heteroatoms. The van der Waals surface area contributed by atoms with E-state index >= 15 is 0 Å². The van der Waals surface area contributed by atoms with Gasteiger partial charge in [0.05, 0.1) is 17.2 Å². The van der Waals surface area contributed by atoms with Gasteiger partial charge < -0.3 is 0 Å². The highest BCUT2D eigenvalue weighted by Gasteiger charge is 2.19. The van der Waals surface area contributed by atoms with E-state index < -0.39 is 10.8 Å². The van der Waals surface area contributed by atoms with Crippen LogP contribution in [-0.2, 0) is 10.8 Å². The summed E-state index contributed by atoms with van der Waals surface area (Å²) in [5.41, 5.74) is 6.33. The number of aryl methyl sites for hydroxylation is 3. The third-order valence-corrected chi connectivity index (χ3v) is 5.35. The second-order valence-electron chi connectivity index (χ2n) is 5.09. The van der Waals surface area contributed by atoms with Gasteiger partial charge in [-0.3, -0.25) is 4.21 Å². The number of hydrogen-bond acceptors (Lipinski definition) is 3. The molecular weight excluding hydrogens is 374 g/mol. The molecule has 1 heterocycles. The third-order valence-electron chi connectivity index (χ3n) is 3.24. The van der Waals surface area contributed by atoms with Crippen LogP contribution in [0.25, 0.3) is 0 Å². The second-order valence-corrected chi connectivity index (χ2v) is 7.29. The Bertz CT molecular complexity index is 657. The zero-order valence-electron chi connectivity index (χ0n) is 14.4. The average Bonchev–Trinajstić information content (AvgIpc) is 2.47. The van der Waals surface area contributed by atoms with Gasteiger partial charge in [0.15, 0.2) is 4.62 Å². The Balaban J connectivity index is 0.00000127. The van der Waals surface area contributed by atoms with Crippen LogP contribution in [0.5, 0.6) is 0 Å². The molecule has 1 aromatic carbocycles. The largest absolute Gasteiger partial charge is 0.317 e. The number of nitrogens with one attached hydrogen (secondary N) is 2. The van der Waals surface area contributed by atoms with E-state index in [0.717, 1.165) is 20.6 Å². The molecule has 126 valence electrons. The van der Waals surface area contributed by atoms with Crippen molar-refractivity contribution in [2.24, 2.45) is 0 Å². The van der Waals surface area contributed by atoms with Crippen LogP contribution < -0.4 is 5.43 Å². The number of hydrazine groups is 1. The van der Waals surface area contributed by atoms with E-state index in [-0.39, 0.29) is 5.88 Å². The maximum Gasteiger partial charge on any atom is 0.317 e. The summed E-state index contributed by atoms with van der Waals surface area (Å²) >= 11 is 3.39. The Kier molecular flexibility index (Phi) is 7.85. The van der Waals surface area contributed by atoms with E-state index in [1.54, 1.807) is 4.68 Å². The van der Waals surface area contributed by atoms with Crippen LogP contribution in [0.1, 0.15) is 37.0 Å². The summed E-state index contributed by atoms with van der Waals surface area (Å²) in [5, 5.41) is 7.90. The van der Waals surface area contributed by atoms with Crippen LogP contribution in [0.2, 0.25) is 0 Å². The fourth-order valence-electron chi connectivity index (χ4n) is 2.45. The van der Waals surface area contributed by atoms with Gasteiger partial charge in [-0.25, -0.2) is 5.43 Å². The molecule has 0 saturated carbocycles. The second kappa shape index (κ2) is 9.13. The van der Waals surface area contributed by atoms with Gasteiger partial charge in [0, 0.05) is 4.90 Å². The van der Waals surface area contributed by atoms with Crippen molar-refractivity contribution in [1.29, 1.82) is 5.41 Å². The minimum absolute atomic E-state index is 0.274. The lowest BCUT2D eigenvalue weighted by molar-refractivity contribution is -0.473. The molecule has 0 aliphatic carbocycles. The number of halogens is 1. The topological polar surface area (TPSA) is 56.0 Å². The number of rotatable bonds is 4. The van der Waals surface area contributed by atoms with Crippen LogP contribution in [0.3, 0.4) is 0 Å². The number of amidine groups is 1. The fourth-order valence-corrected chi connectivity index (χ4v) is 4.21. The van der Waals surface area contributed by atoms with Crippen molar-refractivity contribution < 1.29 is 8.89 Å². The summed E-state index contributed by atoms with van der Waals surface area (Å²) in [5.74, 6) is 0.703. The zero-order valence-corrected chi connectivity index (χ0v) is 16.8. The van der Waals surface area contributed by atoms with Crippen LogP contribution in [-0.4, -0.2) is 25.2 Å². The highest BCUT2D eigenvalue weighted by Crippen LogP contribution is 2.20. The first-order valence-corrected chi connectivity index (χ1v) is 9.77. The van der Waals surface area contributed by atoms with E-state index in [1.807, 2.05) is 58.9 Å². The molecule has 0 bridgehead atoms. The van der Waals surface area contributed by atoms with Crippen LogP contribution in [0.15, 0.2) is 29.2 Å². The molecule has 1 aliphatic rings. The van der Waals surface area contributed by atoms with E-state index in [4.69, 9.17) is 5.41 Å². The van der Waals surface area contributed by atoms with Crippen molar-refractivity contribution in [1.82, 2.24) is 5.43 Å². The van der Waals surface area contributed by atoms with Gasteiger partial charge in [0.2, 0.25) is 0 Å². The first-order valence-electron chi connectivity index (χ1n) is 7.66. The molecule has 0 radical (unpaired) electrons. The number of allylic oxidation sites excluding steroid dienone is 1. The summed E-state index contributed by atoms with van der Waals surface area (Å²) in [4.78, 5) is 0.878. The normalized spacial score (nSPS) is 15.1. The van der Waals surface area contributed by atoms with Gasteiger partial charge in [-0.05, 0) is 53.9 Å². The number of nitrogens with zero attached hydrogens (tertiary/aromatic N) is 1. The van der Waals surface area contributed by atoms with Crippen LogP contribution in [0, 0.1) is 26.2 Å². The van der Waals surface area contributed by atoms with Crippen molar-refractivity contribution >= 4 is 37.2 Å². The van der Waals surface area contributed by atoms with Crippen LogP contribution in [0.4, 0.5) is 0 Å². The van der Waals surface area contributed by atoms with Gasteiger partial charge in [-0.2, -0.15) is 0 Å². The van der Waals surface area contributed by atoms with Gasteiger partial charge >= 0.3 is 5.84 Å². The summed E-state index contributed by atoms with van der Waals surface area (Å²) in [6.45, 7) is 10.0. The fraction of sp³-hybridized carbons (Fsp3) is 0.412. The van der Waals surface area contributed by atoms with Gasteiger partial charge in [-0.1, -0.05) is 37.6 Å². The highest BCUT2D eigenvalue weighted by molar-refractivity contribution is 9.18. The molecule has 1 unspecified atom stereocenters. The van der Waals surface area contributed by atoms with Gasteiger partial charge in [0.25, 0.3) is 0 Å². The smallest absolute Gasteiger partial charge is 0.252 e. The Hall–Kier alpha value is -1.27.